The van der Waals surface area contributed by atoms with E-state index in [1.165, 1.54) is 0 Å². The van der Waals surface area contributed by atoms with E-state index in [0.717, 1.165) is 0 Å². The van der Waals surface area contributed by atoms with Gasteiger partial charge in [0.1, 0.15) is 6.61 Å². The number of amides is 1. The van der Waals surface area contributed by atoms with Crippen LogP contribution >= 0.6 is 0 Å². The van der Waals surface area contributed by atoms with Gasteiger partial charge in [0.25, 0.3) is 0 Å². The summed E-state index contributed by atoms with van der Waals surface area (Å²) in [5.74, 6) is -1.04. The molecule has 2 N–H and O–H groups in total. The van der Waals surface area contributed by atoms with Gasteiger partial charge in [-0.25, -0.2) is 0 Å². The van der Waals surface area contributed by atoms with Crippen LogP contribution in [0, 0.1) is 11.3 Å². The number of esters is 1. The zero-order chi connectivity index (χ0) is 18.9. The van der Waals surface area contributed by atoms with Crippen molar-refractivity contribution in [3.05, 3.63) is 34.7 Å². The van der Waals surface area contributed by atoms with Crippen LogP contribution in [0.4, 0.5) is 11.4 Å². The van der Waals surface area contributed by atoms with Crippen molar-refractivity contribution in [2.45, 2.75) is 33.6 Å². The maximum Gasteiger partial charge on any atom is 0.311 e. The molecule has 0 saturated carbocycles. The molecule has 0 spiro atoms. The fourth-order valence-electron chi connectivity index (χ4n) is 2.38. The van der Waals surface area contributed by atoms with E-state index in [1.807, 2.05) is 6.92 Å². The number of aliphatic hydroxyl groups excluding tert-OH is 1. The number of ether oxygens (including phenoxy) is 1. The Hall–Kier alpha value is -2.57. The lowest BCUT2D eigenvalue weighted by Crippen LogP contribution is -2.35. The van der Waals surface area contributed by atoms with E-state index in [1.54, 1.807) is 38.1 Å². The smallest absolute Gasteiger partial charge is 0.311 e. The summed E-state index contributed by atoms with van der Waals surface area (Å²) in [7, 11) is 0. The minimum Gasteiger partial charge on any atom is -0.463 e. The predicted molar refractivity (Wildman–Crippen MR) is 94.1 cm³/mol. The van der Waals surface area contributed by atoms with E-state index in [4.69, 9.17) is 15.4 Å². The fraction of sp³-hybridized carbons (Fsp3) is 0.529. The summed E-state index contributed by atoms with van der Waals surface area (Å²) in [5, 5.41) is 15.0. The van der Waals surface area contributed by atoms with E-state index >= 15 is 0 Å². The first-order valence-corrected chi connectivity index (χ1v) is 8.10. The van der Waals surface area contributed by atoms with Crippen LogP contribution in [0.2, 0.25) is 0 Å². The molecule has 0 fully saturated rings. The number of nitrogens with one attached hydrogen (secondary N) is 1. The third kappa shape index (κ3) is 6.10. The molecule has 1 amide bonds. The van der Waals surface area contributed by atoms with Gasteiger partial charge in [0.05, 0.1) is 12.0 Å². The van der Waals surface area contributed by atoms with Crippen molar-refractivity contribution in [1.82, 2.24) is 0 Å². The molecule has 0 radical (unpaired) electrons. The summed E-state index contributed by atoms with van der Waals surface area (Å²) in [6, 6.07) is 6.48. The normalized spacial score (nSPS) is 13.9. The summed E-state index contributed by atoms with van der Waals surface area (Å²) >= 11 is 0. The minimum atomic E-state index is -0.794. The third-order valence-corrected chi connectivity index (χ3v) is 4.10. The lowest BCUT2D eigenvalue weighted by atomic mass is 9.79. The van der Waals surface area contributed by atoms with Crippen molar-refractivity contribution in [2.75, 3.05) is 18.5 Å². The number of aliphatic hydroxyl groups is 1. The Labute approximate surface area is 146 Å². The largest absolute Gasteiger partial charge is 0.463 e. The Morgan fingerprint density at radius 3 is 2.56 bits per heavy atom. The lowest BCUT2D eigenvalue weighted by Gasteiger charge is -2.28. The average Bonchev–Trinajstić information content (AvgIpc) is 2.61. The molecule has 8 nitrogen and oxygen atoms in total. The highest BCUT2D eigenvalue weighted by Gasteiger charge is 2.36. The second kappa shape index (κ2) is 9.66. The molecule has 25 heavy (non-hydrogen) atoms. The summed E-state index contributed by atoms with van der Waals surface area (Å²) in [6.07, 6.45) is 0.853. The van der Waals surface area contributed by atoms with E-state index in [9.17, 15) is 9.59 Å². The molecule has 1 rings (SSSR count). The molecule has 0 saturated heterocycles. The number of carbonyl (C=O) groups is 2. The van der Waals surface area contributed by atoms with Crippen LogP contribution in [0.1, 0.15) is 33.6 Å². The highest BCUT2D eigenvalue weighted by molar-refractivity contribution is 5.93. The average molecular weight is 348 g/mol. The van der Waals surface area contributed by atoms with Crippen LogP contribution in [0.5, 0.6) is 0 Å². The number of carbonyl (C=O) groups excluding carboxylic acids is 2. The zero-order valence-electron chi connectivity index (χ0n) is 14.7. The van der Waals surface area contributed by atoms with Crippen LogP contribution in [0.25, 0.3) is 10.4 Å². The molecule has 0 aromatic heterocycles. The van der Waals surface area contributed by atoms with Crippen molar-refractivity contribution in [1.29, 1.82) is 0 Å². The highest BCUT2D eigenvalue weighted by atomic mass is 16.5. The maximum absolute atomic E-state index is 12.4. The summed E-state index contributed by atoms with van der Waals surface area (Å²) in [5.41, 5.74) is 8.62. The summed E-state index contributed by atoms with van der Waals surface area (Å²) in [6.45, 7) is 5.08. The van der Waals surface area contributed by atoms with Gasteiger partial charge in [0.2, 0.25) is 5.91 Å². The standard InChI is InChI=1S/C17H24N4O4/c1-4-17(3,16(24)25-10-9-22)11-12(2)15(23)19-13-5-7-14(8-6-13)20-21-18/h5-8,12,22H,4,9-11H2,1-3H3,(H,19,23). The zero-order valence-corrected chi connectivity index (χ0v) is 14.7. The van der Waals surface area contributed by atoms with Crippen LogP contribution in [0.15, 0.2) is 29.4 Å². The molecular formula is C17H24N4O4. The Balaban J connectivity index is 2.70. The van der Waals surface area contributed by atoms with Crippen molar-refractivity contribution >= 4 is 23.3 Å². The molecular weight excluding hydrogens is 324 g/mol. The van der Waals surface area contributed by atoms with Gasteiger partial charge in [-0.2, -0.15) is 0 Å². The molecule has 0 bridgehead atoms. The SMILES string of the molecule is CCC(C)(CC(C)C(=O)Nc1ccc(N=[N+]=[N-])cc1)C(=O)OCCO. The van der Waals surface area contributed by atoms with E-state index in [2.05, 4.69) is 15.3 Å². The van der Waals surface area contributed by atoms with Gasteiger partial charge in [-0.1, -0.05) is 31.1 Å². The number of hydrogen-bond acceptors (Lipinski definition) is 5. The summed E-state index contributed by atoms with van der Waals surface area (Å²) in [4.78, 5) is 27.2. The Morgan fingerprint density at radius 2 is 2.04 bits per heavy atom. The van der Waals surface area contributed by atoms with Gasteiger partial charge in [-0.3, -0.25) is 9.59 Å². The first kappa shape index (κ1) is 20.5. The quantitative estimate of drug-likeness (QED) is 0.306. The van der Waals surface area contributed by atoms with Crippen LogP contribution in [-0.4, -0.2) is 30.2 Å². The Kier molecular flexibility index (Phi) is 7.91. The molecule has 0 aliphatic carbocycles. The van der Waals surface area contributed by atoms with E-state index < -0.39 is 17.3 Å². The second-order valence-electron chi connectivity index (χ2n) is 6.10. The molecule has 2 unspecified atom stereocenters. The maximum atomic E-state index is 12.4. The Morgan fingerprint density at radius 1 is 1.40 bits per heavy atom. The molecule has 136 valence electrons. The first-order valence-electron chi connectivity index (χ1n) is 8.10. The van der Waals surface area contributed by atoms with Gasteiger partial charge in [0.15, 0.2) is 0 Å². The van der Waals surface area contributed by atoms with Crippen molar-refractivity contribution in [3.8, 4) is 0 Å². The minimum absolute atomic E-state index is 0.0491. The van der Waals surface area contributed by atoms with Gasteiger partial charge in [-0.15, -0.1) is 0 Å². The third-order valence-electron chi connectivity index (χ3n) is 4.10. The molecule has 1 aromatic rings. The molecule has 8 heteroatoms. The number of hydrogen-bond donors (Lipinski definition) is 2. The highest BCUT2D eigenvalue weighted by Crippen LogP contribution is 2.32. The predicted octanol–water partition coefficient (Wildman–Crippen LogP) is 3.54. The van der Waals surface area contributed by atoms with E-state index in [0.29, 0.717) is 24.2 Å². The lowest BCUT2D eigenvalue weighted by molar-refractivity contribution is -0.157. The Bertz CT molecular complexity index is 641. The van der Waals surface area contributed by atoms with Gasteiger partial charge >= 0.3 is 5.97 Å². The van der Waals surface area contributed by atoms with Crippen molar-refractivity contribution in [2.24, 2.45) is 16.4 Å². The second-order valence-corrected chi connectivity index (χ2v) is 6.10. The van der Waals surface area contributed by atoms with Crippen LogP contribution in [-0.2, 0) is 14.3 Å². The van der Waals surface area contributed by atoms with Crippen molar-refractivity contribution in [3.63, 3.8) is 0 Å². The monoisotopic (exact) mass is 348 g/mol. The van der Waals surface area contributed by atoms with E-state index in [-0.39, 0.29) is 19.1 Å². The molecule has 2 atom stereocenters. The van der Waals surface area contributed by atoms with Gasteiger partial charge < -0.3 is 15.2 Å². The van der Waals surface area contributed by atoms with Crippen LogP contribution in [0.3, 0.4) is 0 Å². The fourth-order valence-corrected chi connectivity index (χ4v) is 2.38. The molecule has 0 aliphatic rings. The number of nitrogens with zero attached hydrogens (tertiary/aromatic N) is 3. The first-order chi connectivity index (χ1) is 11.9. The van der Waals surface area contributed by atoms with Crippen LogP contribution < -0.4 is 5.32 Å². The summed E-state index contributed by atoms with van der Waals surface area (Å²) < 4.78 is 5.02. The van der Waals surface area contributed by atoms with Gasteiger partial charge in [0, 0.05) is 22.2 Å². The topological polar surface area (TPSA) is 124 Å². The van der Waals surface area contributed by atoms with Crippen molar-refractivity contribution < 1.29 is 19.4 Å². The number of benzene rings is 1. The number of rotatable bonds is 9. The number of anilines is 1. The molecule has 0 aliphatic heterocycles. The molecule has 0 heterocycles. The number of azide groups is 1. The van der Waals surface area contributed by atoms with Gasteiger partial charge in [-0.05, 0) is 37.4 Å². The molecule has 1 aromatic carbocycles.